The van der Waals surface area contributed by atoms with Gasteiger partial charge in [0.2, 0.25) is 0 Å². The number of nitrogens with zero attached hydrogens (tertiary/aromatic N) is 2. The van der Waals surface area contributed by atoms with Gasteiger partial charge < -0.3 is 10.7 Å². The lowest BCUT2D eigenvalue weighted by atomic mass is 9.95. The SMILES string of the molecule is CC(C)c1c(NN)ncnc1NC1CCCCC1. The van der Waals surface area contributed by atoms with Crippen LogP contribution in [0.4, 0.5) is 11.6 Å². The fraction of sp³-hybridized carbons (Fsp3) is 0.692. The van der Waals surface area contributed by atoms with Crippen LogP contribution in [0.5, 0.6) is 0 Å². The summed E-state index contributed by atoms with van der Waals surface area (Å²) in [6.07, 6.45) is 7.99. The molecule has 0 amide bonds. The number of nitrogens with two attached hydrogens (primary N) is 1. The van der Waals surface area contributed by atoms with E-state index >= 15 is 0 Å². The molecule has 0 bridgehead atoms. The molecule has 2 rings (SSSR count). The zero-order valence-electron chi connectivity index (χ0n) is 11.2. The van der Waals surface area contributed by atoms with Crippen molar-refractivity contribution in [3.63, 3.8) is 0 Å². The number of nitrogens with one attached hydrogen (secondary N) is 2. The van der Waals surface area contributed by atoms with Crippen molar-refractivity contribution in [1.29, 1.82) is 0 Å². The minimum absolute atomic E-state index is 0.336. The molecular weight excluding hydrogens is 226 g/mol. The summed E-state index contributed by atoms with van der Waals surface area (Å²) in [7, 11) is 0. The van der Waals surface area contributed by atoms with Gasteiger partial charge in [-0.15, -0.1) is 0 Å². The van der Waals surface area contributed by atoms with E-state index in [9.17, 15) is 0 Å². The molecule has 100 valence electrons. The van der Waals surface area contributed by atoms with Gasteiger partial charge in [-0.25, -0.2) is 15.8 Å². The first kappa shape index (κ1) is 13.1. The molecule has 0 aromatic carbocycles. The Morgan fingerprint density at radius 2 is 1.83 bits per heavy atom. The third kappa shape index (κ3) is 2.90. The third-order valence-electron chi connectivity index (χ3n) is 3.54. The highest BCUT2D eigenvalue weighted by atomic mass is 15.3. The number of aromatic nitrogens is 2. The van der Waals surface area contributed by atoms with Crippen molar-refractivity contribution in [3.05, 3.63) is 11.9 Å². The average molecular weight is 249 g/mol. The van der Waals surface area contributed by atoms with Crippen molar-refractivity contribution in [3.8, 4) is 0 Å². The summed E-state index contributed by atoms with van der Waals surface area (Å²) in [4.78, 5) is 8.57. The Morgan fingerprint density at radius 1 is 1.17 bits per heavy atom. The fourth-order valence-electron chi connectivity index (χ4n) is 2.61. The summed E-state index contributed by atoms with van der Waals surface area (Å²) < 4.78 is 0. The van der Waals surface area contributed by atoms with Gasteiger partial charge in [-0.3, -0.25) is 0 Å². The van der Waals surface area contributed by atoms with Crippen LogP contribution in [0.2, 0.25) is 0 Å². The Hall–Kier alpha value is -1.36. The molecular formula is C13H23N5. The molecule has 1 heterocycles. The molecule has 1 aromatic heterocycles. The van der Waals surface area contributed by atoms with Crippen LogP contribution in [0.3, 0.4) is 0 Å². The molecule has 0 atom stereocenters. The van der Waals surface area contributed by atoms with Crippen molar-refractivity contribution in [2.75, 3.05) is 10.7 Å². The van der Waals surface area contributed by atoms with E-state index in [1.807, 2.05) is 0 Å². The van der Waals surface area contributed by atoms with Crippen molar-refractivity contribution in [2.45, 2.75) is 57.9 Å². The highest BCUT2D eigenvalue weighted by Gasteiger charge is 2.19. The van der Waals surface area contributed by atoms with Crippen molar-refractivity contribution in [1.82, 2.24) is 9.97 Å². The van der Waals surface area contributed by atoms with E-state index in [1.165, 1.54) is 32.1 Å². The summed E-state index contributed by atoms with van der Waals surface area (Å²) in [5.74, 6) is 7.51. The molecule has 0 radical (unpaired) electrons. The van der Waals surface area contributed by atoms with Gasteiger partial charge in [0.1, 0.15) is 18.0 Å². The Morgan fingerprint density at radius 3 is 2.44 bits per heavy atom. The van der Waals surface area contributed by atoms with Crippen LogP contribution in [0.1, 0.15) is 57.4 Å². The Bertz CT molecular complexity index is 385. The normalized spacial score (nSPS) is 16.9. The van der Waals surface area contributed by atoms with Crippen LogP contribution in [0.25, 0.3) is 0 Å². The quantitative estimate of drug-likeness (QED) is 0.565. The molecule has 0 saturated heterocycles. The van der Waals surface area contributed by atoms with Crippen molar-refractivity contribution in [2.24, 2.45) is 5.84 Å². The molecule has 0 spiro atoms. The Labute approximate surface area is 109 Å². The lowest BCUT2D eigenvalue weighted by Crippen LogP contribution is -2.24. The molecule has 1 aliphatic carbocycles. The summed E-state index contributed by atoms with van der Waals surface area (Å²) in [6.45, 7) is 4.26. The van der Waals surface area contributed by atoms with Gasteiger partial charge in [-0.2, -0.15) is 0 Å². The van der Waals surface area contributed by atoms with Crippen LogP contribution >= 0.6 is 0 Å². The van der Waals surface area contributed by atoms with Crippen LogP contribution in [0.15, 0.2) is 6.33 Å². The van der Waals surface area contributed by atoms with Gasteiger partial charge >= 0.3 is 0 Å². The van der Waals surface area contributed by atoms with E-state index in [-0.39, 0.29) is 0 Å². The second-order valence-corrected chi connectivity index (χ2v) is 5.26. The molecule has 4 N–H and O–H groups in total. The molecule has 1 saturated carbocycles. The first-order valence-corrected chi connectivity index (χ1v) is 6.80. The third-order valence-corrected chi connectivity index (χ3v) is 3.54. The van der Waals surface area contributed by atoms with Gasteiger partial charge in [0, 0.05) is 11.6 Å². The average Bonchev–Trinajstić information content (AvgIpc) is 2.39. The first-order chi connectivity index (χ1) is 8.72. The second kappa shape index (κ2) is 6.00. The topological polar surface area (TPSA) is 75.9 Å². The zero-order chi connectivity index (χ0) is 13.0. The maximum absolute atomic E-state index is 5.52. The predicted molar refractivity (Wildman–Crippen MR) is 74.4 cm³/mol. The number of hydrazine groups is 1. The summed E-state index contributed by atoms with van der Waals surface area (Å²) in [5.41, 5.74) is 3.74. The number of hydrogen-bond donors (Lipinski definition) is 3. The number of rotatable bonds is 4. The second-order valence-electron chi connectivity index (χ2n) is 5.26. The summed E-state index contributed by atoms with van der Waals surface area (Å²) >= 11 is 0. The summed E-state index contributed by atoms with van der Waals surface area (Å²) in [5, 5.41) is 3.56. The van der Waals surface area contributed by atoms with E-state index in [2.05, 4.69) is 34.6 Å². The van der Waals surface area contributed by atoms with E-state index in [0.717, 1.165) is 17.2 Å². The Balaban J connectivity index is 2.20. The van der Waals surface area contributed by atoms with Gasteiger partial charge in [0.25, 0.3) is 0 Å². The largest absolute Gasteiger partial charge is 0.367 e. The van der Waals surface area contributed by atoms with Crippen molar-refractivity contribution < 1.29 is 0 Å². The highest BCUT2D eigenvalue weighted by molar-refractivity contribution is 5.58. The van der Waals surface area contributed by atoms with Gasteiger partial charge in [0.05, 0.1) is 0 Å². The molecule has 1 aliphatic rings. The van der Waals surface area contributed by atoms with Gasteiger partial charge in [0.15, 0.2) is 0 Å². The van der Waals surface area contributed by atoms with Crippen LogP contribution in [0, 0.1) is 0 Å². The molecule has 0 aliphatic heterocycles. The molecule has 18 heavy (non-hydrogen) atoms. The number of anilines is 2. The maximum Gasteiger partial charge on any atom is 0.148 e. The minimum Gasteiger partial charge on any atom is -0.367 e. The molecule has 5 nitrogen and oxygen atoms in total. The van der Waals surface area contributed by atoms with Crippen molar-refractivity contribution >= 4 is 11.6 Å². The lowest BCUT2D eigenvalue weighted by Gasteiger charge is -2.25. The number of hydrogen-bond acceptors (Lipinski definition) is 5. The Kier molecular flexibility index (Phi) is 4.36. The van der Waals surface area contributed by atoms with E-state index in [0.29, 0.717) is 12.0 Å². The molecule has 0 unspecified atom stereocenters. The van der Waals surface area contributed by atoms with Crippen LogP contribution < -0.4 is 16.6 Å². The molecule has 1 fully saturated rings. The predicted octanol–water partition coefficient (Wildman–Crippen LogP) is 2.63. The number of nitrogen functional groups attached to an aromatic ring is 1. The lowest BCUT2D eigenvalue weighted by molar-refractivity contribution is 0.461. The van der Waals surface area contributed by atoms with E-state index < -0.39 is 0 Å². The fourth-order valence-corrected chi connectivity index (χ4v) is 2.61. The standard InChI is InChI=1S/C13H23N5/c1-9(2)11-12(15-8-16-13(11)18-14)17-10-6-4-3-5-7-10/h8-10H,3-7,14H2,1-2H3,(H2,15,16,17,18). The van der Waals surface area contributed by atoms with Gasteiger partial charge in [-0.05, 0) is 18.8 Å². The smallest absolute Gasteiger partial charge is 0.148 e. The van der Waals surface area contributed by atoms with Gasteiger partial charge in [-0.1, -0.05) is 33.1 Å². The summed E-state index contributed by atoms with van der Waals surface area (Å²) in [6, 6.07) is 0.539. The highest BCUT2D eigenvalue weighted by Crippen LogP contribution is 2.30. The van der Waals surface area contributed by atoms with Crippen LogP contribution in [-0.2, 0) is 0 Å². The maximum atomic E-state index is 5.52. The van der Waals surface area contributed by atoms with E-state index in [4.69, 9.17) is 5.84 Å². The molecule has 1 aromatic rings. The minimum atomic E-state index is 0.336. The van der Waals surface area contributed by atoms with E-state index in [1.54, 1.807) is 6.33 Å². The first-order valence-electron chi connectivity index (χ1n) is 6.80. The van der Waals surface area contributed by atoms with Crippen LogP contribution in [-0.4, -0.2) is 16.0 Å². The zero-order valence-corrected chi connectivity index (χ0v) is 11.2. The monoisotopic (exact) mass is 249 g/mol. The molecule has 5 heteroatoms.